The summed E-state index contributed by atoms with van der Waals surface area (Å²) in [5.74, 6) is -1.54. The maximum absolute atomic E-state index is 13.8. The number of halogens is 9. The van der Waals surface area contributed by atoms with Crippen molar-refractivity contribution in [2.75, 3.05) is 37.7 Å². The summed E-state index contributed by atoms with van der Waals surface area (Å²) in [6, 6.07) is 1.37. The zero-order valence-corrected chi connectivity index (χ0v) is 25.2. The van der Waals surface area contributed by atoms with Crippen LogP contribution in [-0.4, -0.2) is 91.2 Å². The minimum Gasteiger partial charge on any atom is -0.337 e. The van der Waals surface area contributed by atoms with Crippen LogP contribution in [0.5, 0.6) is 0 Å². The third-order valence-corrected chi connectivity index (χ3v) is 12.2. The first-order valence-corrected chi connectivity index (χ1v) is 16.2. The molecule has 43 heavy (non-hydrogen) atoms. The Balaban J connectivity index is 1.55. The van der Waals surface area contributed by atoms with E-state index in [0.717, 1.165) is 6.07 Å². The number of sulfone groups is 1. The van der Waals surface area contributed by atoms with Crippen LogP contribution in [0.3, 0.4) is 0 Å². The van der Waals surface area contributed by atoms with E-state index in [0.29, 0.717) is 17.4 Å². The number of amides is 2. The Hall–Kier alpha value is -2.17. The molecule has 7 nitrogen and oxygen atoms in total. The Labute approximate surface area is 254 Å². The third kappa shape index (κ3) is 5.39. The molecule has 2 aromatic rings. The van der Waals surface area contributed by atoms with Gasteiger partial charge in [-0.05, 0) is 25.3 Å². The van der Waals surface area contributed by atoms with Gasteiger partial charge >= 0.3 is 12.4 Å². The van der Waals surface area contributed by atoms with E-state index in [9.17, 15) is 48.7 Å². The van der Waals surface area contributed by atoms with Crippen LogP contribution < -0.4 is 0 Å². The lowest BCUT2D eigenvalue weighted by molar-refractivity contribution is -0.297. The zero-order chi connectivity index (χ0) is 31.9. The molecule has 0 radical (unpaired) electrons. The second kappa shape index (κ2) is 10.4. The van der Waals surface area contributed by atoms with Gasteiger partial charge in [0.2, 0.25) is 0 Å². The number of hydrogen-bond donors (Lipinski definition) is 0. The highest BCUT2D eigenvalue weighted by Gasteiger charge is 2.69. The lowest BCUT2D eigenvalue weighted by atomic mass is 9.80. The van der Waals surface area contributed by atoms with Crippen molar-refractivity contribution in [1.82, 2.24) is 14.8 Å². The van der Waals surface area contributed by atoms with Crippen molar-refractivity contribution < 1.29 is 48.7 Å². The molecule has 3 saturated heterocycles. The van der Waals surface area contributed by atoms with Crippen LogP contribution in [0, 0.1) is 5.41 Å². The van der Waals surface area contributed by atoms with Crippen molar-refractivity contribution in [2.45, 2.75) is 43.7 Å². The average Bonchev–Trinajstić information content (AvgIpc) is 3.30. The van der Waals surface area contributed by atoms with Crippen LogP contribution in [0.2, 0.25) is 10.0 Å². The fourth-order valence-electron chi connectivity index (χ4n) is 5.63. The van der Waals surface area contributed by atoms with Gasteiger partial charge in [0.25, 0.3) is 11.8 Å². The number of nitrogens with zero attached hydrogens (tertiary/aromatic N) is 3. The summed E-state index contributed by atoms with van der Waals surface area (Å²) in [4.78, 5) is 33.4. The first kappa shape index (κ1) is 32.2. The molecule has 0 atom stereocenters. The largest absolute Gasteiger partial charge is 0.406 e. The van der Waals surface area contributed by atoms with Crippen molar-refractivity contribution >= 4 is 56.2 Å². The highest BCUT2D eigenvalue weighted by molar-refractivity contribution is 7.92. The molecule has 236 valence electrons. The maximum atomic E-state index is 13.8. The number of alkyl halides is 7. The van der Waals surface area contributed by atoms with E-state index in [2.05, 4.69) is 4.98 Å². The van der Waals surface area contributed by atoms with Gasteiger partial charge in [-0.15, -0.1) is 11.3 Å². The summed E-state index contributed by atoms with van der Waals surface area (Å²) in [7, 11) is -3.17. The molecule has 1 spiro atoms. The number of carbonyl (C=O) groups excluding carboxylic acids is 2. The fourth-order valence-corrected chi connectivity index (χ4v) is 9.50. The first-order valence-electron chi connectivity index (χ1n) is 12.8. The van der Waals surface area contributed by atoms with Gasteiger partial charge in [0.05, 0.1) is 26.4 Å². The fraction of sp³-hybridized carbons (Fsp3) is 0.560. The molecule has 0 N–H and O–H groups in total. The second-order valence-electron chi connectivity index (χ2n) is 11.3. The minimum absolute atomic E-state index is 0.00626. The van der Waals surface area contributed by atoms with Gasteiger partial charge in [0, 0.05) is 37.2 Å². The van der Waals surface area contributed by atoms with Gasteiger partial charge in [-0.2, -0.15) is 26.3 Å². The lowest BCUT2D eigenvalue weighted by Crippen LogP contribution is -2.69. The topological polar surface area (TPSA) is 87.6 Å². The minimum atomic E-state index is -5.80. The summed E-state index contributed by atoms with van der Waals surface area (Å²) in [6.45, 7) is 0.201. The van der Waals surface area contributed by atoms with Crippen LogP contribution >= 0.6 is 34.5 Å². The number of aromatic nitrogens is 1. The van der Waals surface area contributed by atoms with Crippen LogP contribution in [0.1, 0.15) is 45.6 Å². The van der Waals surface area contributed by atoms with Crippen LogP contribution in [0.25, 0.3) is 10.4 Å². The van der Waals surface area contributed by atoms with E-state index in [4.69, 9.17) is 23.2 Å². The normalized spacial score (nSPS) is 20.6. The predicted octanol–water partition coefficient (Wildman–Crippen LogP) is 5.94. The van der Waals surface area contributed by atoms with Gasteiger partial charge < -0.3 is 9.80 Å². The SMILES string of the molecule is CC(c1ccc(-c2sc(C(=O)N3CC4(C3)CS(=O)(=O)C4)nc2C(=O)N2CCC(F)CC2)c(Cl)c1Cl)(C(F)(F)F)C(F)(F)F. The maximum Gasteiger partial charge on any atom is 0.406 e. The first-order chi connectivity index (χ1) is 19.7. The molecule has 0 aliphatic carbocycles. The molecule has 0 unspecified atom stereocenters. The number of thiazole rings is 1. The van der Waals surface area contributed by atoms with E-state index < -0.39 is 66.6 Å². The molecule has 0 saturated carbocycles. The third-order valence-electron chi connectivity index (χ3n) is 8.12. The Morgan fingerprint density at radius 3 is 2.02 bits per heavy atom. The highest BCUT2D eigenvalue weighted by atomic mass is 35.5. The summed E-state index contributed by atoms with van der Waals surface area (Å²) in [6.07, 6.45) is -12.7. The van der Waals surface area contributed by atoms with Crippen molar-refractivity contribution in [3.63, 3.8) is 0 Å². The van der Waals surface area contributed by atoms with Crippen molar-refractivity contribution in [2.24, 2.45) is 5.41 Å². The number of benzene rings is 1. The van der Waals surface area contributed by atoms with E-state index in [1.807, 2.05) is 0 Å². The van der Waals surface area contributed by atoms with Gasteiger partial charge in [-0.25, -0.2) is 17.8 Å². The van der Waals surface area contributed by atoms with E-state index >= 15 is 0 Å². The molecule has 3 fully saturated rings. The molecule has 1 aromatic carbocycles. The average molecular weight is 696 g/mol. The Morgan fingerprint density at radius 1 is 0.953 bits per heavy atom. The molecule has 18 heteroatoms. The number of hydrogen-bond acceptors (Lipinski definition) is 6. The Bertz CT molecular complexity index is 1570. The summed E-state index contributed by atoms with van der Waals surface area (Å²) in [5.41, 5.74) is -6.88. The molecule has 3 aliphatic heterocycles. The van der Waals surface area contributed by atoms with E-state index in [-0.39, 0.29) is 78.6 Å². The van der Waals surface area contributed by atoms with E-state index in [1.54, 1.807) is 0 Å². The van der Waals surface area contributed by atoms with Crippen LogP contribution in [0.4, 0.5) is 30.7 Å². The second-order valence-corrected chi connectivity index (χ2v) is 15.1. The monoisotopic (exact) mass is 695 g/mol. The number of carbonyl (C=O) groups is 2. The van der Waals surface area contributed by atoms with Crippen molar-refractivity contribution in [3.05, 3.63) is 38.4 Å². The predicted molar refractivity (Wildman–Crippen MR) is 144 cm³/mol. The summed E-state index contributed by atoms with van der Waals surface area (Å²) < 4.78 is 120. The molecule has 4 heterocycles. The summed E-state index contributed by atoms with van der Waals surface area (Å²) in [5, 5.41) is -2.01. The molecule has 3 aliphatic rings. The van der Waals surface area contributed by atoms with Crippen molar-refractivity contribution in [3.8, 4) is 10.4 Å². The van der Waals surface area contributed by atoms with Gasteiger partial charge in [-0.3, -0.25) is 9.59 Å². The zero-order valence-electron chi connectivity index (χ0n) is 22.1. The van der Waals surface area contributed by atoms with Gasteiger partial charge in [-0.1, -0.05) is 35.3 Å². The van der Waals surface area contributed by atoms with Crippen LogP contribution in [0.15, 0.2) is 12.1 Å². The van der Waals surface area contributed by atoms with E-state index in [1.165, 1.54) is 9.80 Å². The summed E-state index contributed by atoms with van der Waals surface area (Å²) >= 11 is 13.0. The van der Waals surface area contributed by atoms with Crippen molar-refractivity contribution in [1.29, 1.82) is 0 Å². The van der Waals surface area contributed by atoms with Crippen LogP contribution in [-0.2, 0) is 15.3 Å². The Kier molecular flexibility index (Phi) is 7.83. The highest BCUT2D eigenvalue weighted by Crippen LogP contribution is 2.55. The molecule has 0 bridgehead atoms. The quantitative estimate of drug-likeness (QED) is 0.370. The molecular weight excluding hydrogens is 674 g/mol. The standard InChI is InChI=1S/C25H22Cl2F7N3O4S2/c1-22(24(29,30)31,25(32,33)34)14-3-2-13(15(26)16(14)27)18-17(20(38)36-6-4-12(28)5-7-36)35-19(42-18)21(39)37-8-23(9-37)10-43(40,41)11-23/h2-3,12H,4-11H2,1H3. The van der Waals surface area contributed by atoms with Gasteiger partial charge in [0.1, 0.15) is 11.9 Å². The number of piperidine rings is 1. The smallest absolute Gasteiger partial charge is 0.337 e. The Morgan fingerprint density at radius 2 is 1.51 bits per heavy atom. The molecular formula is C25H22Cl2F7N3O4S2. The molecule has 5 rings (SSSR count). The molecule has 1 aromatic heterocycles. The van der Waals surface area contributed by atoms with Gasteiger partial charge in [0.15, 0.2) is 20.3 Å². The molecule has 2 amide bonds. The number of rotatable bonds is 4. The number of likely N-dealkylation sites (tertiary alicyclic amines) is 2. The lowest BCUT2D eigenvalue weighted by Gasteiger charge is -2.54.